The van der Waals surface area contributed by atoms with Crippen LogP contribution in [-0.2, 0) is 4.74 Å². The highest BCUT2D eigenvalue weighted by Crippen LogP contribution is 2.33. The Hall–Kier alpha value is -2.67. The zero-order valence-electron chi connectivity index (χ0n) is 14.5. The van der Waals surface area contributed by atoms with Gasteiger partial charge < -0.3 is 14.5 Å². The highest BCUT2D eigenvalue weighted by Gasteiger charge is 2.23. The molecular weight excluding hydrogens is 338 g/mol. The minimum atomic E-state index is -0.425. The lowest BCUT2D eigenvalue weighted by molar-refractivity contribution is 0.0527. The van der Waals surface area contributed by atoms with Crippen molar-refractivity contribution in [1.29, 1.82) is 0 Å². The van der Waals surface area contributed by atoms with Crippen LogP contribution in [0.4, 0.5) is 5.00 Å². The third-order valence-corrected chi connectivity index (χ3v) is 5.14. The van der Waals surface area contributed by atoms with E-state index >= 15 is 0 Å². The Labute approximate surface area is 149 Å². The first kappa shape index (κ1) is 17.2. The number of imidazole rings is 1. The number of thiophene rings is 1. The van der Waals surface area contributed by atoms with Crippen molar-refractivity contribution >= 4 is 33.9 Å². The molecule has 3 heterocycles. The monoisotopic (exact) mass is 357 g/mol. The number of amides is 1. The Morgan fingerprint density at radius 3 is 2.72 bits per heavy atom. The zero-order chi connectivity index (χ0) is 18.1. The Morgan fingerprint density at radius 1 is 1.28 bits per heavy atom. The first-order chi connectivity index (χ1) is 11.9. The standard InChI is InChI=1S/C18H19N3O3S/c1-5-24-18(23)15-11(3)12(4)25-17(15)20-16(22)13-9-21-10(2)7-6-8-14(21)19-13/h6-9H,5H2,1-4H3,(H,20,22). The van der Waals surface area contributed by atoms with Gasteiger partial charge in [0.15, 0.2) is 0 Å². The highest BCUT2D eigenvalue weighted by atomic mass is 32.1. The molecule has 130 valence electrons. The Balaban J connectivity index is 1.93. The molecule has 3 rings (SSSR count). The fraction of sp³-hybridized carbons (Fsp3) is 0.278. The average Bonchev–Trinajstić information content (AvgIpc) is 3.11. The van der Waals surface area contributed by atoms with Crippen LogP contribution in [-0.4, -0.2) is 27.9 Å². The molecule has 1 amide bonds. The smallest absolute Gasteiger partial charge is 0.341 e. The molecule has 0 bridgehead atoms. The number of hydrogen-bond donors (Lipinski definition) is 1. The summed E-state index contributed by atoms with van der Waals surface area (Å²) >= 11 is 1.36. The van der Waals surface area contributed by atoms with Gasteiger partial charge in [0.25, 0.3) is 5.91 Å². The first-order valence-corrected chi connectivity index (χ1v) is 8.77. The average molecular weight is 357 g/mol. The lowest BCUT2D eigenvalue weighted by Crippen LogP contribution is -2.15. The van der Waals surface area contributed by atoms with Crippen LogP contribution in [0.3, 0.4) is 0 Å². The van der Waals surface area contributed by atoms with Crippen LogP contribution in [0.2, 0.25) is 0 Å². The summed E-state index contributed by atoms with van der Waals surface area (Å²) < 4.78 is 6.96. The van der Waals surface area contributed by atoms with Crippen LogP contribution in [0.1, 0.15) is 43.9 Å². The number of esters is 1. The maximum Gasteiger partial charge on any atom is 0.341 e. The van der Waals surface area contributed by atoms with E-state index in [0.29, 0.717) is 21.9 Å². The number of nitrogens with zero attached hydrogens (tertiary/aromatic N) is 2. The number of aromatic nitrogens is 2. The lowest BCUT2D eigenvalue weighted by Gasteiger charge is -2.06. The van der Waals surface area contributed by atoms with Gasteiger partial charge in [0.2, 0.25) is 0 Å². The molecule has 7 heteroatoms. The normalized spacial score (nSPS) is 10.9. The second kappa shape index (κ2) is 6.68. The second-order valence-electron chi connectivity index (χ2n) is 5.68. The molecule has 0 aromatic carbocycles. The van der Waals surface area contributed by atoms with E-state index in [1.807, 2.05) is 43.4 Å². The summed E-state index contributed by atoms with van der Waals surface area (Å²) in [5.41, 5.74) is 3.23. The van der Waals surface area contributed by atoms with E-state index in [-0.39, 0.29) is 12.5 Å². The van der Waals surface area contributed by atoms with Crippen molar-refractivity contribution in [2.45, 2.75) is 27.7 Å². The van der Waals surface area contributed by atoms with Gasteiger partial charge >= 0.3 is 5.97 Å². The van der Waals surface area contributed by atoms with Gasteiger partial charge in [-0.2, -0.15) is 0 Å². The summed E-state index contributed by atoms with van der Waals surface area (Å²) in [5, 5.41) is 3.30. The number of hydrogen-bond acceptors (Lipinski definition) is 5. The van der Waals surface area contributed by atoms with Crippen molar-refractivity contribution < 1.29 is 14.3 Å². The molecule has 0 radical (unpaired) electrons. The summed E-state index contributed by atoms with van der Waals surface area (Å²) in [6.45, 7) is 7.74. The molecule has 1 N–H and O–H groups in total. The van der Waals surface area contributed by atoms with Crippen molar-refractivity contribution in [3.63, 3.8) is 0 Å². The number of anilines is 1. The minimum Gasteiger partial charge on any atom is -0.462 e. The third-order valence-electron chi connectivity index (χ3n) is 4.02. The van der Waals surface area contributed by atoms with Gasteiger partial charge in [0.05, 0.1) is 12.2 Å². The van der Waals surface area contributed by atoms with Crippen LogP contribution < -0.4 is 5.32 Å². The van der Waals surface area contributed by atoms with Gasteiger partial charge in [-0.1, -0.05) is 6.07 Å². The molecule has 0 aliphatic carbocycles. The zero-order valence-corrected chi connectivity index (χ0v) is 15.4. The van der Waals surface area contributed by atoms with Crippen molar-refractivity contribution in [1.82, 2.24) is 9.38 Å². The van der Waals surface area contributed by atoms with Crippen LogP contribution in [0.5, 0.6) is 0 Å². The number of carbonyl (C=O) groups excluding carboxylic acids is 2. The molecule has 3 aromatic heterocycles. The predicted octanol–water partition coefficient (Wildman–Crippen LogP) is 3.75. The third kappa shape index (κ3) is 3.15. The Bertz CT molecular complexity index is 972. The number of aryl methyl sites for hydroxylation is 2. The van der Waals surface area contributed by atoms with Gasteiger partial charge in [0.1, 0.15) is 16.3 Å². The fourth-order valence-corrected chi connectivity index (χ4v) is 3.63. The largest absolute Gasteiger partial charge is 0.462 e. The van der Waals surface area contributed by atoms with E-state index in [1.165, 1.54) is 11.3 Å². The van der Waals surface area contributed by atoms with E-state index in [9.17, 15) is 9.59 Å². The topological polar surface area (TPSA) is 72.7 Å². The molecule has 0 aliphatic rings. The second-order valence-corrected chi connectivity index (χ2v) is 6.91. The SMILES string of the molecule is CCOC(=O)c1c(NC(=O)c2cn3c(C)cccc3n2)sc(C)c1C. The number of nitrogens with one attached hydrogen (secondary N) is 1. The van der Waals surface area contributed by atoms with E-state index < -0.39 is 5.97 Å². The molecule has 0 spiro atoms. The number of pyridine rings is 1. The van der Waals surface area contributed by atoms with E-state index in [0.717, 1.165) is 16.1 Å². The van der Waals surface area contributed by atoms with Gasteiger partial charge in [-0.3, -0.25) is 4.79 Å². The number of rotatable bonds is 4. The van der Waals surface area contributed by atoms with Gasteiger partial charge in [-0.25, -0.2) is 9.78 Å². The summed E-state index contributed by atoms with van der Waals surface area (Å²) in [4.78, 5) is 30.1. The lowest BCUT2D eigenvalue weighted by atomic mass is 10.1. The Morgan fingerprint density at radius 2 is 2.04 bits per heavy atom. The molecule has 0 saturated heterocycles. The van der Waals surface area contributed by atoms with Gasteiger partial charge in [-0.15, -0.1) is 11.3 Å². The molecular formula is C18H19N3O3S. The van der Waals surface area contributed by atoms with Crippen LogP contribution in [0, 0.1) is 20.8 Å². The fourth-order valence-electron chi connectivity index (χ4n) is 2.59. The van der Waals surface area contributed by atoms with Crippen LogP contribution >= 0.6 is 11.3 Å². The van der Waals surface area contributed by atoms with E-state index in [1.54, 1.807) is 13.1 Å². The predicted molar refractivity (Wildman–Crippen MR) is 97.6 cm³/mol. The molecule has 3 aromatic rings. The molecule has 6 nitrogen and oxygen atoms in total. The molecule has 0 aliphatic heterocycles. The maximum atomic E-state index is 12.6. The van der Waals surface area contributed by atoms with Crippen molar-refractivity contribution in [2.24, 2.45) is 0 Å². The van der Waals surface area contributed by atoms with Crippen LogP contribution in [0.15, 0.2) is 24.4 Å². The number of carbonyl (C=O) groups is 2. The van der Waals surface area contributed by atoms with E-state index in [4.69, 9.17) is 4.74 Å². The molecule has 0 saturated carbocycles. The number of ether oxygens (including phenoxy) is 1. The highest BCUT2D eigenvalue weighted by molar-refractivity contribution is 7.16. The summed E-state index contributed by atoms with van der Waals surface area (Å²) in [5.74, 6) is -0.777. The Kier molecular flexibility index (Phi) is 4.59. The molecule has 0 fully saturated rings. The number of fused-ring (bicyclic) bond motifs is 1. The first-order valence-electron chi connectivity index (χ1n) is 7.95. The summed E-state index contributed by atoms with van der Waals surface area (Å²) in [6, 6.07) is 5.68. The van der Waals surface area contributed by atoms with Gasteiger partial charge in [-0.05, 0) is 45.4 Å². The summed E-state index contributed by atoms with van der Waals surface area (Å²) in [6.07, 6.45) is 1.69. The van der Waals surface area contributed by atoms with Crippen LogP contribution in [0.25, 0.3) is 5.65 Å². The molecule has 0 unspecified atom stereocenters. The van der Waals surface area contributed by atoms with Crippen molar-refractivity contribution in [2.75, 3.05) is 11.9 Å². The molecule has 0 atom stereocenters. The minimum absolute atomic E-state index is 0.284. The van der Waals surface area contributed by atoms with Gasteiger partial charge in [0, 0.05) is 16.8 Å². The van der Waals surface area contributed by atoms with Crippen molar-refractivity contribution in [3.8, 4) is 0 Å². The summed E-state index contributed by atoms with van der Waals surface area (Å²) in [7, 11) is 0. The van der Waals surface area contributed by atoms with Crippen molar-refractivity contribution in [3.05, 3.63) is 51.8 Å². The quantitative estimate of drug-likeness (QED) is 0.722. The molecule has 25 heavy (non-hydrogen) atoms. The van der Waals surface area contributed by atoms with E-state index in [2.05, 4.69) is 10.3 Å². The maximum absolute atomic E-state index is 12.6.